The van der Waals surface area contributed by atoms with Gasteiger partial charge in [-0.3, -0.25) is 9.36 Å². The molecule has 2 saturated carbocycles. The second kappa shape index (κ2) is 20.3. The minimum Gasteiger partial charge on any atom is -0.396 e. The third kappa shape index (κ3) is 10.3. The lowest BCUT2D eigenvalue weighted by Gasteiger charge is -2.42. The predicted molar refractivity (Wildman–Crippen MR) is 208 cm³/mol. The number of carbonyl (C=O) groups is 1. The van der Waals surface area contributed by atoms with Crippen molar-refractivity contribution >= 4 is 30.0 Å². The molecule has 6 rings (SSSR count). The maximum atomic E-state index is 11.7. The minimum atomic E-state index is -1.03. The van der Waals surface area contributed by atoms with Gasteiger partial charge in [-0.1, -0.05) is 83.6 Å². The van der Waals surface area contributed by atoms with Gasteiger partial charge in [-0.25, -0.2) is 9.97 Å². The van der Waals surface area contributed by atoms with Gasteiger partial charge in [0.05, 0.1) is 37.5 Å². The van der Waals surface area contributed by atoms with E-state index in [2.05, 4.69) is 27.1 Å². The van der Waals surface area contributed by atoms with Crippen molar-refractivity contribution in [2.24, 2.45) is 22.7 Å². The Kier molecular flexibility index (Phi) is 18.3. The molecule has 2 aromatic carbocycles. The van der Waals surface area contributed by atoms with Gasteiger partial charge in [0.2, 0.25) is 0 Å². The van der Waals surface area contributed by atoms with Gasteiger partial charge >= 0.3 is 0 Å². The first-order valence-corrected chi connectivity index (χ1v) is 17.2. The molecule has 0 bridgehead atoms. The number of aliphatic hydroxyl groups is 3. The van der Waals surface area contributed by atoms with Crippen molar-refractivity contribution in [3.8, 4) is 0 Å². The predicted octanol–water partition coefficient (Wildman–Crippen LogP) is 7.01. The fraction of sp³-hybridized carbons (Fsp3) is 0.564. The Morgan fingerprint density at radius 3 is 1.48 bits per heavy atom. The summed E-state index contributed by atoms with van der Waals surface area (Å²) >= 11 is 11.9. The van der Waals surface area contributed by atoms with E-state index in [-0.39, 0.29) is 46.1 Å². The minimum absolute atomic E-state index is 0. The van der Waals surface area contributed by atoms with E-state index in [1.54, 1.807) is 29.1 Å². The number of nitrogens with zero attached hydrogens (tertiary/aromatic N) is 6. The number of ether oxygens (including phenoxy) is 1. The van der Waals surface area contributed by atoms with Crippen LogP contribution < -0.4 is 0 Å². The molecule has 13 heteroatoms. The monoisotopic (exact) mass is 762 g/mol. The van der Waals surface area contributed by atoms with E-state index in [9.17, 15) is 15.3 Å². The van der Waals surface area contributed by atoms with Crippen LogP contribution in [0.5, 0.6) is 0 Å². The van der Waals surface area contributed by atoms with Crippen LogP contribution >= 0.6 is 23.2 Å². The van der Waals surface area contributed by atoms with Crippen LogP contribution in [0.2, 0.25) is 10.0 Å². The maximum absolute atomic E-state index is 11.7. The maximum Gasteiger partial charge on any atom is 0.137 e. The van der Waals surface area contributed by atoms with Crippen LogP contribution in [0.25, 0.3) is 0 Å². The van der Waals surface area contributed by atoms with Gasteiger partial charge in [0.15, 0.2) is 0 Å². The van der Waals surface area contributed by atoms with Gasteiger partial charge < -0.3 is 24.9 Å². The van der Waals surface area contributed by atoms with Crippen LogP contribution in [-0.2, 0) is 35.5 Å². The van der Waals surface area contributed by atoms with E-state index in [1.807, 2.05) is 62.2 Å². The lowest BCUT2D eigenvalue weighted by molar-refractivity contribution is -0.122. The molecule has 0 amide bonds. The largest absolute Gasteiger partial charge is 0.396 e. The van der Waals surface area contributed by atoms with Crippen LogP contribution in [0.1, 0.15) is 72.9 Å². The first kappa shape index (κ1) is 46.8. The van der Waals surface area contributed by atoms with Crippen LogP contribution in [0, 0.1) is 22.7 Å². The zero-order valence-electron chi connectivity index (χ0n) is 28.5. The standard InChI is InChI=1S/C18H24ClN3O2.C17H22ClN3O2.CH2O.3CH4/c1-17(11-24-2)8-7-15(9-14-3-5-16(19)6-4-14)18(17,23)10-22-13-20-12-21-22;1-16(10-22)7-6-14(8-13-2-4-15(18)5-3-13)17(16,23)9-21-12-19-11-20-21;1-2;;;/h3-6,12-13,15,23H,7-11H2,1-2H3;2-5,11-12,14,22-23H,6-10H2,1H3;1H2;3*1H4. The second-order valence-electron chi connectivity index (χ2n) is 13.9. The van der Waals surface area contributed by atoms with Crippen molar-refractivity contribution < 1.29 is 24.9 Å². The van der Waals surface area contributed by atoms with E-state index in [0.717, 1.165) is 49.1 Å². The summed E-state index contributed by atoms with van der Waals surface area (Å²) in [5.41, 5.74) is -0.478. The molecular weight excluding hydrogens is 703 g/mol. The molecule has 0 spiro atoms. The molecule has 2 aliphatic carbocycles. The van der Waals surface area contributed by atoms with Crippen LogP contribution in [-0.4, -0.2) is 83.2 Å². The molecule has 6 unspecified atom stereocenters. The number of hydrogen-bond donors (Lipinski definition) is 3. The summed E-state index contributed by atoms with van der Waals surface area (Å²) in [7, 11) is 1.69. The molecule has 2 aliphatic rings. The van der Waals surface area contributed by atoms with Crippen molar-refractivity contribution in [2.75, 3.05) is 20.3 Å². The van der Waals surface area contributed by atoms with E-state index in [4.69, 9.17) is 32.7 Å². The third-order valence-corrected chi connectivity index (χ3v) is 11.4. The number of aromatic nitrogens is 6. The molecule has 2 aromatic heterocycles. The molecule has 52 heavy (non-hydrogen) atoms. The Labute approximate surface area is 320 Å². The highest BCUT2D eigenvalue weighted by Gasteiger charge is 2.57. The average molecular weight is 764 g/mol. The van der Waals surface area contributed by atoms with Gasteiger partial charge in [0.1, 0.15) is 32.1 Å². The van der Waals surface area contributed by atoms with E-state index < -0.39 is 16.6 Å². The Bertz CT molecular complexity index is 1560. The quantitative estimate of drug-likeness (QED) is 0.147. The smallest absolute Gasteiger partial charge is 0.137 e. The molecule has 11 nitrogen and oxygen atoms in total. The molecule has 2 fully saturated rings. The molecule has 4 aromatic rings. The summed E-state index contributed by atoms with van der Waals surface area (Å²) in [6.07, 6.45) is 11.3. The number of halogens is 2. The normalized spacial score (nSPS) is 27.5. The van der Waals surface area contributed by atoms with Crippen LogP contribution in [0.15, 0.2) is 73.8 Å². The van der Waals surface area contributed by atoms with Crippen molar-refractivity contribution in [1.82, 2.24) is 29.5 Å². The fourth-order valence-corrected chi connectivity index (χ4v) is 7.98. The Morgan fingerprint density at radius 1 is 0.750 bits per heavy atom. The summed E-state index contributed by atoms with van der Waals surface area (Å²) in [6.45, 7) is 7.29. The van der Waals surface area contributed by atoms with Gasteiger partial charge in [-0.05, 0) is 85.8 Å². The molecule has 0 radical (unpaired) electrons. The first-order chi connectivity index (χ1) is 23.4. The molecule has 0 saturated heterocycles. The Hall–Kier alpha value is -3.19. The first-order valence-electron chi connectivity index (χ1n) is 16.4. The summed E-state index contributed by atoms with van der Waals surface area (Å²) < 4.78 is 8.80. The van der Waals surface area contributed by atoms with E-state index in [1.165, 1.54) is 18.2 Å². The number of aliphatic hydroxyl groups excluding tert-OH is 1. The molecule has 2 heterocycles. The number of hydrogen-bond acceptors (Lipinski definition) is 9. The van der Waals surface area contributed by atoms with Gasteiger partial charge in [0, 0.05) is 28.0 Å². The lowest BCUT2D eigenvalue weighted by Crippen LogP contribution is -2.52. The summed E-state index contributed by atoms with van der Waals surface area (Å²) in [4.78, 5) is 16.0. The molecular formula is C39H60Cl2N6O5. The summed E-state index contributed by atoms with van der Waals surface area (Å²) in [5.74, 6) is 0.174. The zero-order chi connectivity index (χ0) is 35.7. The SMILES string of the molecule is C.C.C.C=O.CC1(CO)CCC(Cc2ccc(Cl)cc2)C1(O)Cn1cncn1.COCC1(C)CCC(Cc2ccc(Cl)cc2)C1(O)Cn1cncn1. The van der Waals surface area contributed by atoms with Gasteiger partial charge in [-0.15, -0.1) is 0 Å². The van der Waals surface area contributed by atoms with Crippen LogP contribution in [0.4, 0.5) is 0 Å². The van der Waals surface area contributed by atoms with E-state index in [0.29, 0.717) is 24.7 Å². The number of methoxy groups -OCH3 is 1. The van der Waals surface area contributed by atoms with Crippen molar-refractivity contribution in [2.45, 2.75) is 98.9 Å². The second-order valence-corrected chi connectivity index (χ2v) is 14.8. The summed E-state index contributed by atoms with van der Waals surface area (Å²) in [5, 5.41) is 42.8. The highest BCUT2D eigenvalue weighted by Crippen LogP contribution is 2.53. The zero-order valence-corrected chi connectivity index (χ0v) is 30.0. The van der Waals surface area contributed by atoms with E-state index >= 15 is 0 Å². The van der Waals surface area contributed by atoms with Crippen molar-refractivity contribution in [1.29, 1.82) is 0 Å². The number of carbonyl (C=O) groups excluding carboxylic acids is 1. The Balaban J connectivity index is 0.000000471. The number of benzene rings is 2. The Morgan fingerprint density at radius 2 is 1.13 bits per heavy atom. The van der Waals surface area contributed by atoms with Gasteiger partial charge in [0.25, 0.3) is 0 Å². The molecule has 3 N–H and O–H groups in total. The molecule has 290 valence electrons. The van der Waals surface area contributed by atoms with Gasteiger partial charge in [-0.2, -0.15) is 10.2 Å². The fourth-order valence-electron chi connectivity index (χ4n) is 7.73. The molecule has 0 aliphatic heterocycles. The molecule has 6 atom stereocenters. The topological polar surface area (TPSA) is 148 Å². The van der Waals surface area contributed by atoms with Crippen LogP contribution in [0.3, 0.4) is 0 Å². The van der Waals surface area contributed by atoms with Crippen molar-refractivity contribution in [3.05, 3.63) is 95.0 Å². The third-order valence-electron chi connectivity index (χ3n) is 10.9. The summed E-state index contributed by atoms with van der Waals surface area (Å²) in [6, 6.07) is 15.6. The number of rotatable bonds is 11. The lowest BCUT2D eigenvalue weighted by atomic mass is 9.71. The highest BCUT2D eigenvalue weighted by molar-refractivity contribution is 6.30. The van der Waals surface area contributed by atoms with Crippen molar-refractivity contribution in [3.63, 3.8) is 0 Å². The average Bonchev–Trinajstić information content (AvgIpc) is 3.89. The highest BCUT2D eigenvalue weighted by atomic mass is 35.5.